The number of nitrogens with one attached hydrogen (secondary N) is 1. The maximum atomic E-state index is 12.5. The van der Waals surface area contributed by atoms with Gasteiger partial charge in [-0.3, -0.25) is 0 Å². The van der Waals surface area contributed by atoms with E-state index >= 15 is 0 Å². The van der Waals surface area contributed by atoms with Crippen LogP contribution < -0.4 is 9.46 Å². The lowest BCUT2D eigenvalue weighted by Crippen LogP contribution is -2.29. The van der Waals surface area contributed by atoms with Gasteiger partial charge in [0.05, 0.1) is 11.5 Å². The predicted molar refractivity (Wildman–Crippen MR) is 89.6 cm³/mol. The van der Waals surface area contributed by atoms with Gasteiger partial charge in [0, 0.05) is 29.8 Å². The predicted octanol–water partition coefficient (Wildman–Crippen LogP) is 2.66. The summed E-state index contributed by atoms with van der Waals surface area (Å²) in [6.07, 6.45) is 0.453. The number of methoxy groups -OCH3 is 1. The minimum Gasteiger partial charge on any atom is -0.493 e. The number of rotatable bonds is 6. The molecule has 2 aromatic rings. The quantitative estimate of drug-likeness (QED) is 0.867. The Morgan fingerprint density at radius 3 is 2.87 bits per heavy atom. The van der Waals surface area contributed by atoms with E-state index in [2.05, 4.69) is 4.72 Å². The molecule has 1 atom stereocenters. The summed E-state index contributed by atoms with van der Waals surface area (Å²) < 4.78 is 38.4. The highest BCUT2D eigenvalue weighted by Gasteiger charge is 2.21. The monoisotopic (exact) mass is 353 g/mol. The molecular formula is C16H19NO4S2. The van der Waals surface area contributed by atoms with Gasteiger partial charge >= 0.3 is 0 Å². The van der Waals surface area contributed by atoms with Crippen molar-refractivity contribution in [1.82, 2.24) is 4.72 Å². The first kappa shape index (κ1) is 16.4. The molecule has 0 spiro atoms. The van der Waals surface area contributed by atoms with Gasteiger partial charge in [0.2, 0.25) is 10.0 Å². The molecule has 0 bridgehead atoms. The van der Waals surface area contributed by atoms with Crippen LogP contribution in [0.15, 0.2) is 35.2 Å². The average Bonchev–Trinajstić information content (AvgIpc) is 3.16. The number of fused-ring (bicyclic) bond motifs is 1. The Balaban J connectivity index is 1.73. The molecule has 0 saturated carbocycles. The molecule has 1 N–H and O–H groups in total. The Morgan fingerprint density at radius 2 is 2.17 bits per heavy atom. The first-order valence-corrected chi connectivity index (χ1v) is 9.64. The third-order valence-electron chi connectivity index (χ3n) is 3.79. The number of hydrogen-bond acceptors (Lipinski definition) is 5. The number of benzene rings is 1. The summed E-state index contributed by atoms with van der Waals surface area (Å²) in [6, 6.07) is 8.94. The lowest BCUT2D eigenvalue weighted by molar-refractivity contribution is 0.110. The second-order valence-electron chi connectivity index (χ2n) is 5.39. The van der Waals surface area contributed by atoms with E-state index in [1.54, 1.807) is 36.6 Å². The Kier molecular flexibility index (Phi) is 4.72. The van der Waals surface area contributed by atoms with Crippen molar-refractivity contribution < 1.29 is 17.9 Å². The molecular weight excluding hydrogens is 334 g/mol. The van der Waals surface area contributed by atoms with Crippen molar-refractivity contribution >= 4 is 21.4 Å². The summed E-state index contributed by atoms with van der Waals surface area (Å²) in [6.45, 7) is 2.82. The molecule has 7 heteroatoms. The van der Waals surface area contributed by atoms with Gasteiger partial charge in [0.25, 0.3) is 0 Å². The van der Waals surface area contributed by atoms with Gasteiger partial charge in [-0.1, -0.05) is 0 Å². The van der Waals surface area contributed by atoms with Gasteiger partial charge < -0.3 is 9.47 Å². The van der Waals surface area contributed by atoms with E-state index in [-0.39, 0.29) is 17.5 Å². The third kappa shape index (κ3) is 3.58. The largest absolute Gasteiger partial charge is 0.493 e. The number of thiophene rings is 1. The highest BCUT2D eigenvalue weighted by molar-refractivity contribution is 7.89. The zero-order valence-corrected chi connectivity index (χ0v) is 14.7. The van der Waals surface area contributed by atoms with Gasteiger partial charge in [0.15, 0.2) is 0 Å². The van der Waals surface area contributed by atoms with Crippen LogP contribution >= 0.6 is 11.3 Å². The van der Waals surface area contributed by atoms with Crippen molar-refractivity contribution in [1.29, 1.82) is 0 Å². The molecule has 1 aliphatic rings. The third-order valence-corrected chi connectivity index (χ3v) is 6.31. The highest BCUT2D eigenvalue weighted by Crippen LogP contribution is 2.28. The molecule has 0 aliphatic carbocycles. The van der Waals surface area contributed by atoms with E-state index < -0.39 is 10.0 Å². The van der Waals surface area contributed by atoms with E-state index in [4.69, 9.17) is 9.47 Å². The summed E-state index contributed by atoms with van der Waals surface area (Å²) in [5.74, 6) is 0.771. The minimum absolute atomic E-state index is 0.201. The fraction of sp³-hybridized carbons (Fsp3) is 0.375. The Morgan fingerprint density at radius 1 is 1.35 bits per heavy atom. The van der Waals surface area contributed by atoms with Gasteiger partial charge in [-0.2, -0.15) is 0 Å². The normalized spacial score (nSPS) is 15.2. The highest BCUT2D eigenvalue weighted by atomic mass is 32.2. The Labute approximate surface area is 140 Å². The second kappa shape index (κ2) is 6.60. The number of hydrogen-bond donors (Lipinski definition) is 1. The number of ether oxygens (including phenoxy) is 2. The van der Waals surface area contributed by atoms with Crippen LogP contribution in [0.5, 0.6) is 5.75 Å². The van der Waals surface area contributed by atoms with E-state index in [0.717, 1.165) is 22.6 Å². The molecule has 1 aromatic heterocycles. The molecule has 2 heterocycles. The molecule has 1 unspecified atom stereocenters. The van der Waals surface area contributed by atoms with Crippen molar-refractivity contribution in [3.63, 3.8) is 0 Å². The molecule has 1 aliphatic heterocycles. The average molecular weight is 353 g/mol. The SMILES string of the molecule is COC(CNS(=O)(=O)c1ccc2c(c1)CCO2)c1ccc(C)s1. The van der Waals surface area contributed by atoms with Crippen molar-refractivity contribution in [2.75, 3.05) is 20.3 Å². The van der Waals surface area contributed by atoms with Crippen LogP contribution in [0.4, 0.5) is 0 Å². The molecule has 23 heavy (non-hydrogen) atoms. The van der Waals surface area contributed by atoms with Crippen LogP contribution in [-0.4, -0.2) is 28.7 Å². The van der Waals surface area contributed by atoms with Crippen LogP contribution in [0.1, 0.15) is 21.4 Å². The minimum atomic E-state index is -3.57. The molecule has 0 radical (unpaired) electrons. The van der Waals surface area contributed by atoms with E-state index in [0.29, 0.717) is 6.61 Å². The van der Waals surface area contributed by atoms with Crippen LogP contribution in [0.25, 0.3) is 0 Å². The summed E-state index contributed by atoms with van der Waals surface area (Å²) >= 11 is 1.61. The van der Waals surface area contributed by atoms with Crippen LogP contribution in [-0.2, 0) is 21.2 Å². The molecule has 0 fully saturated rings. The Hall–Kier alpha value is -1.41. The number of sulfonamides is 1. The molecule has 1 aromatic carbocycles. The van der Waals surface area contributed by atoms with Gasteiger partial charge in [0.1, 0.15) is 11.9 Å². The maximum Gasteiger partial charge on any atom is 0.240 e. The zero-order chi connectivity index (χ0) is 16.4. The van der Waals surface area contributed by atoms with E-state index in [9.17, 15) is 8.42 Å². The lowest BCUT2D eigenvalue weighted by atomic mass is 10.2. The molecule has 0 saturated heterocycles. The molecule has 0 amide bonds. The van der Waals surface area contributed by atoms with Crippen molar-refractivity contribution in [2.24, 2.45) is 0 Å². The summed E-state index contributed by atoms with van der Waals surface area (Å²) in [5, 5.41) is 0. The maximum absolute atomic E-state index is 12.5. The van der Waals surface area contributed by atoms with Crippen molar-refractivity contribution in [3.8, 4) is 5.75 Å². The second-order valence-corrected chi connectivity index (χ2v) is 8.48. The van der Waals surface area contributed by atoms with Crippen molar-refractivity contribution in [2.45, 2.75) is 24.3 Å². The first-order valence-electron chi connectivity index (χ1n) is 7.34. The summed E-state index contributed by atoms with van der Waals surface area (Å²) in [7, 11) is -1.99. The van der Waals surface area contributed by atoms with E-state index in [1.165, 1.54) is 4.88 Å². The lowest BCUT2D eigenvalue weighted by Gasteiger charge is -2.15. The number of aryl methyl sites for hydroxylation is 1. The van der Waals surface area contributed by atoms with Crippen LogP contribution in [0.2, 0.25) is 0 Å². The summed E-state index contributed by atoms with van der Waals surface area (Å²) in [4.78, 5) is 2.44. The molecule has 124 valence electrons. The molecule has 5 nitrogen and oxygen atoms in total. The fourth-order valence-corrected chi connectivity index (χ4v) is 4.56. The van der Waals surface area contributed by atoms with Crippen molar-refractivity contribution in [3.05, 3.63) is 45.6 Å². The summed E-state index contributed by atoms with van der Waals surface area (Å²) in [5.41, 5.74) is 0.935. The topological polar surface area (TPSA) is 64.6 Å². The Bertz CT molecular complexity index is 798. The molecule has 3 rings (SSSR count). The smallest absolute Gasteiger partial charge is 0.240 e. The van der Waals surface area contributed by atoms with Crippen LogP contribution in [0.3, 0.4) is 0 Å². The van der Waals surface area contributed by atoms with E-state index in [1.807, 2.05) is 19.1 Å². The van der Waals surface area contributed by atoms with Gasteiger partial charge in [-0.15, -0.1) is 11.3 Å². The standard InChI is InChI=1S/C16H19NO4S2/c1-11-3-6-16(22-11)15(20-2)10-17-23(18,19)13-4-5-14-12(9-13)7-8-21-14/h3-6,9,15,17H,7-8,10H2,1-2H3. The van der Waals surface area contributed by atoms with Gasteiger partial charge in [-0.05, 0) is 42.8 Å². The first-order chi connectivity index (χ1) is 11.0. The zero-order valence-electron chi connectivity index (χ0n) is 13.0. The fourth-order valence-electron chi connectivity index (χ4n) is 2.53. The van der Waals surface area contributed by atoms with Gasteiger partial charge in [-0.25, -0.2) is 13.1 Å². The van der Waals surface area contributed by atoms with Crippen LogP contribution in [0, 0.1) is 6.92 Å².